The highest BCUT2D eigenvalue weighted by atomic mass is 79.9. The number of hydrogen-bond donors (Lipinski definition) is 1. The van der Waals surface area contributed by atoms with E-state index in [0.717, 1.165) is 16.5 Å². The minimum absolute atomic E-state index is 0.110. The zero-order chi connectivity index (χ0) is 15.0. The molecule has 0 amide bonds. The highest BCUT2D eigenvalue weighted by Gasteiger charge is 2.23. The lowest BCUT2D eigenvalue weighted by atomic mass is 9.98. The number of rotatable bonds is 3. The largest absolute Gasteiger partial charge is 0.494 e. The van der Waals surface area contributed by atoms with Gasteiger partial charge in [-0.3, -0.25) is 0 Å². The van der Waals surface area contributed by atoms with Crippen LogP contribution in [0.1, 0.15) is 22.8 Å². The SMILES string of the molecule is COc1cc(C(O)c2cc(Br)cc3c2OCC3)ccc1F. The summed E-state index contributed by atoms with van der Waals surface area (Å²) < 4.78 is 24.9. The van der Waals surface area contributed by atoms with E-state index in [4.69, 9.17) is 9.47 Å². The molecule has 1 aliphatic heterocycles. The minimum Gasteiger partial charge on any atom is -0.494 e. The third-order valence-electron chi connectivity index (χ3n) is 3.56. The molecule has 0 radical (unpaired) electrons. The van der Waals surface area contributed by atoms with Crippen molar-refractivity contribution in [2.75, 3.05) is 13.7 Å². The Labute approximate surface area is 130 Å². The Morgan fingerprint density at radius 2 is 2.14 bits per heavy atom. The molecular weight excluding hydrogens is 339 g/mol. The van der Waals surface area contributed by atoms with Crippen molar-refractivity contribution in [1.82, 2.24) is 0 Å². The van der Waals surface area contributed by atoms with Gasteiger partial charge >= 0.3 is 0 Å². The van der Waals surface area contributed by atoms with E-state index >= 15 is 0 Å². The molecule has 3 rings (SSSR count). The summed E-state index contributed by atoms with van der Waals surface area (Å²) in [6.45, 7) is 0.609. The molecule has 1 aliphatic rings. The normalized spacial score (nSPS) is 14.5. The Morgan fingerprint density at radius 1 is 1.33 bits per heavy atom. The van der Waals surface area contributed by atoms with E-state index in [1.807, 2.05) is 12.1 Å². The second-order valence-electron chi connectivity index (χ2n) is 4.88. The van der Waals surface area contributed by atoms with Gasteiger partial charge in [-0.1, -0.05) is 22.0 Å². The topological polar surface area (TPSA) is 38.7 Å². The molecule has 1 unspecified atom stereocenters. The van der Waals surface area contributed by atoms with E-state index in [9.17, 15) is 9.50 Å². The number of ether oxygens (including phenoxy) is 2. The van der Waals surface area contributed by atoms with Crippen molar-refractivity contribution < 1.29 is 19.0 Å². The molecular formula is C16H14BrFO3. The third kappa shape index (κ3) is 2.63. The summed E-state index contributed by atoms with van der Waals surface area (Å²) >= 11 is 3.44. The molecule has 110 valence electrons. The number of aliphatic hydroxyl groups is 1. The maximum Gasteiger partial charge on any atom is 0.165 e. The lowest BCUT2D eigenvalue weighted by Crippen LogP contribution is -2.03. The van der Waals surface area contributed by atoms with Gasteiger partial charge in [0.05, 0.1) is 13.7 Å². The van der Waals surface area contributed by atoms with Crippen LogP contribution in [0.5, 0.6) is 11.5 Å². The molecule has 0 fully saturated rings. The van der Waals surface area contributed by atoms with Gasteiger partial charge in [-0.25, -0.2) is 4.39 Å². The highest BCUT2D eigenvalue weighted by Crippen LogP contribution is 2.39. The van der Waals surface area contributed by atoms with Gasteiger partial charge in [-0.2, -0.15) is 0 Å². The van der Waals surface area contributed by atoms with Crippen LogP contribution in [0.15, 0.2) is 34.8 Å². The molecule has 2 aromatic carbocycles. The summed E-state index contributed by atoms with van der Waals surface area (Å²) in [6.07, 6.45) is -0.0785. The Kier molecular flexibility index (Phi) is 3.87. The monoisotopic (exact) mass is 352 g/mol. The Morgan fingerprint density at radius 3 is 2.90 bits per heavy atom. The molecule has 0 aromatic heterocycles. The van der Waals surface area contributed by atoms with Crippen LogP contribution in [0.2, 0.25) is 0 Å². The van der Waals surface area contributed by atoms with Gasteiger partial charge in [0.15, 0.2) is 11.6 Å². The molecule has 3 nitrogen and oxygen atoms in total. The van der Waals surface area contributed by atoms with Crippen molar-refractivity contribution in [3.63, 3.8) is 0 Å². The lowest BCUT2D eigenvalue weighted by Gasteiger charge is -2.16. The number of halogens is 2. The Hall–Kier alpha value is -1.59. The summed E-state index contributed by atoms with van der Waals surface area (Å²) in [5, 5.41) is 10.6. The fourth-order valence-corrected chi connectivity index (χ4v) is 3.05. The minimum atomic E-state index is -0.899. The molecule has 21 heavy (non-hydrogen) atoms. The maximum absolute atomic E-state index is 13.5. The average molecular weight is 353 g/mol. The van der Waals surface area contributed by atoms with Gasteiger partial charge in [0, 0.05) is 16.5 Å². The van der Waals surface area contributed by atoms with Gasteiger partial charge in [0.25, 0.3) is 0 Å². The standard InChI is InChI=1S/C16H14BrFO3/c1-20-14-7-9(2-3-13(14)18)15(19)12-8-11(17)6-10-4-5-21-16(10)12/h2-3,6-8,15,19H,4-5H2,1H3. The molecule has 5 heteroatoms. The highest BCUT2D eigenvalue weighted by molar-refractivity contribution is 9.10. The Bertz CT molecular complexity index is 687. The van der Waals surface area contributed by atoms with Gasteiger partial charge < -0.3 is 14.6 Å². The number of methoxy groups -OCH3 is 1. The van der Waals surface area contributed by atoms with Crippen molar-refractivity contribution in [3.05, 3.63) is 57.3 Å². The molecule has 0 saturated heterocycles. The second-order valence-corrected chi connectivity index (χ2v) is 5.79. The van der Waals surface area contributed by atoms with Crippen molar-refractivity contribution >= 4 is 15.9 Å². The predicted octanol–water partition coefficient (Wildman–Crippen LogP) is 3.61. The number of fused-ring (bicyclic) bond motifs is 1. The predicted molar refractivity (Wildman–Crippen MR) is 80.4 cm³/mol. The number of hydrogen-bond acceptors (Lipinski definition) is 3. The van der Waals surface area contributed by atoms with Crippen LogP contribution in [0, 0.1) is 5.82 Å². The van der Waals surface area contributed by atoms with Gasteiger partial charge in [-0.15, -0.1) is 0 Å². The zero-order valence-corrected chi connectivity index (χ0v) is 13.0. The van der Waals surface area contributed by atoms with Crippen molar-refractivity contribution in [3.8, 4) is 11.5 Å². The van der Waals surface area contributed by atoms with E-state index < -0.39 is 11.9 Å². The molecule has 1 N–H and O–H groups in total. The van der Waals surface area contributed by atoms with E-state index in [1.54, 1.807) is 6.07 Å². The summed E-state index contributed by atoms with van der Waals surface area (Å²) in [5.41, 5.74) is 2.29. The first-order valence-corrected chi connectivity index (χ1v) is 7.36. The van der Waals surface area contributed by atoms with Gasteiger partial charge in [0.1, 0.15) is 11.9 Å². The molecule has 0 bridgehead atoms. The second kappa shape index (κ2) is 5.66. The van der Waals surface area contributed by atoms with Crippen LogP contribution in [-0.4, -0.2) is 18.8 Å². The van der Waals surface area contributed by atoms with Crippen molar-refractivity contribution in [2.24, 2.45) is 0 Å². The van der Waals surface area contributed by atoms with E-state index in [1.165, 1.54) is 19.2 Å². The molecule has 1 atom stereocenters. The first-order valence-electron chi connectivity index (χ1n) is 6.56. The molecule has 0 spiro atoms. The van der Waals surface area contributed by atoms with E-state index in [-0.39, 0.29) is 5.75 Å². The zero-order valence-electron chi connectivity index (χ0n) is 11.4. The molecule has 0 aliphatic carbocycles. The fraction of sp³-hybridized carbons (Fsp3) is 0.250. The first kappa shape index (κ1) is 14.4. The summed E-state index contributed by atoms with van der Waals surface area (Å²) in [5.74, 6) is 0.372. The van der Waals surface area contributed by atoms with Crippen LogP contribution >= 0.6 is 15.9 Å². The average Bonchev–Trinajstić information content (AvgIpc) is 2.94. The lowest BCUT2D eigenvalue weighted by molar-refractivity contribution is 0.213. The van der Waals surface area contributed by atoms with Crippen LogP contribution in [0.4, 0.5) is 4.39 Å². The Balaban J connectivity index is 2.05. The van der Waals surface area contributed by atoms with Crippen molar-refractivity contribution in [1.29, 1.82) is 0 Å². The number of benzene rings is 2. The summed E-state index contributed by atoms with van der Waals surface area (Å²) in [6, 6.07) is 8.15. The van der Waals surface area contributed by atoms with Gasteiger partial charge in [-0.05, 0) is 35.4 Å². The van der Waals surface area contributed by atoms with Gasteiger partial charge in [0.2, 0.25) is 0 Å². The number of aliphatic hydroxyl groups excluding tert-OH is 1. The van der Waals surface area contributed by atoms with Crippen molar-refractivity contribution in [2.45, 2.75) is 12.5 Å². The molecule has 0 saturated carbocycles. The van der Waals surface area contributed by atoms with Crippen LogP contribution in [0.25, 0.3) is 0 Å². The third-order valence-corrected chi connectivity index (χ3v) is 4.02. The fourth-order valence-electron chi connectivity index (χ4n) is 2.53. The maximum atomic E-state index is 13.5. The van der Waals surface area contributed by atoms with Crippen LogP contribution in [0.3, 0.4) is 0 Å². The smallest absolute Gasteiger partial charge is 0.165 e. The van der Waals surface area contributed by atoms with E-state index in [0.29, 0.717) is 23.5 Å². The van der Waals surface area contributed by atoms with Crippen LogP contribution < -0.4 is 9.47 Å². The summed E-state index contributed by atoms with van der Waals surface area (Å²) in [4.78, 5) is 0. The van der Waals surface area contributed by atoms with Crippen LogP contribution in [-0.2, 0) is 6.42 Å². The molecule has 1 heterocycles. The molecule has 2 aromatic rings. The quantitative estimate of drug-likeness (QED) is 0.916. The van der Waals surface area contributed by atoms with E-state index in [2.05, 4.69) is 15.9 Å². The first-order chi connectivity index (χ1) is 10.1. The summed E-state index contributed by atoms with van der Waals surface area (Å²) in [7, 11) is 1.40.